The highest BCUT2D eigenvalue weighted by Crippen LogP contribution is 2.31. The second kappa shape index (κ2) is 6.26. The van der Waals surface area contributed by atoms with Gasteiger partial charge in [0.15, 0.2) is 0 Å². The Hall–Kier alpha value is -0.990. The number of nitrogens with zero attached hydrogens (tertiary/aromatic N) is 2. The van der Waals surface area contributed by atoms with Crippen LogP contribution >= 0.6 is 0 Å². The lowest BCUT2D eigenvalue weighted by molar-refractivity contribution is 0.355. The minimum absolute atomic E-state index is 0.550. The molecule has 2 rings (SSSR count). The summed E-state index contributed by atoms with van der Waals surface area (Å²) in [5.74, 6) is 1.09. The SMILES string of the molecule is CCC(CC)Nc1nc(C)cn1C1CCCCC1. The molecule has 1 aliphatic carbocycles. The highest BCUT2D eigenvalue weighted by molar-refractivity contribution is 5.31. The predicted molar refractivity (Wildman–Crippen MR) is 77.1 cm³/mol. The van der Waals surface area contributed by atoms with Crippen molar-refractivity contribution in [2.45, 2.75) is 77.8 Å². The third-order valence-electron chi connectivity index (χ3n) is 4.14. The molecule has 1 aromatic heterocycles. The lowest BCUT2D eigenvalue weighted by Gasteiger charge is -2.26. The van der Waals surface area contributed by atoms with Gasteiger partial charge in [0.25, 0.3) is 0 Å². The topological polar surface area (TPSA) is 29.9 Å². The minimum atomic E-state index is 0.550. The summed E-state index contributed by atoms with van der Waals surface area (Å²) >= 11 is 0. The number of hydrogen-bond acceptors (Lipinski definition) is 2. The zero-order valence-corrected chi connectivity index (χ0v) is 12.1. The second-order valence-corrected chi connectivity index (χ2v) is 5.56. The van der Waals surface area contributed by atoms with Gasteiger partial charge in [-0.05, 0) is 32.6 Å². The first-order valence-electron chi connectivity index (χ1n) is 7.56. The van der Waals surface area contributed by atoms with Crippen molar-refractivity contribution in [3.63, 3.8) is 0 Å². The lowest BCUT2D eigenvalue weighted by Crippen LogP contribution is -2.22. The summed E-state index contributed by atoms with van der Waals surface area (Å²) in [5, 5.41) is 3.62. The van der Waals surface area contributed by atoms with Crippen molar-refractivity contribution in [2.24, 2.45) is 0 Å². The highest BCUT2D eigenvalue weighted by Gasteiger charge is 2.19. The van der Waals surface area contributed by atoms with Crippen LogP contribution < -0.4 is 5.32 Å². The second-order valence-electron chi connectivity index (χ2n) is 5.56. The molecule has 0 atom stereocenters. The van der Waals surface area contributed by atoms with Crippen molar-refractivity contribution in [3.05, 3.63) is 11.9 Å². The van der Waals surface area contributed by atoms with Crippen LogP contribution in [-0.2, 0) is 0 Å². The molecule has 0 bridgehead atoms. The van der Waals surface area contributed by atoms with Crippen LogP contribution in [0.4, 0.5) is 5.95 Å². The van der Waals surface area contributed by atoms with Gasteiger partial charge in [0.1, 0.15) is 0 Å². The molecule has 0 aliphatic heterocycles. The van der Waals surface area contributed by atoms with Crippen LogP contribution in [-0.4, -0.2) is 15.6 Å². The van der Waals surface area contributed by atoms with Gasteiger partial charge in [0, 0.05) is 18.3 Å². The van der Waals surface area contributed by atoms with Crippen LogP contribution in [0.3, 0.4) is 0 Å². The van der Waals surface area contributed by atoms with Gasteiger partial charge in [0.2, 0.25) is 5.95 Å². The number of hydrogen-bond donors (Lipinski definition) is 1. The molecule has 1 aromatic rings. The monoisotopic (exact) mass is 249 g/mol. The number of aromatic nitrogens is 2. The maximum absolute atomic E-state index is 4.67. The molecule has 102 valence electrons. The van der Waals surface area contributed by atoms with E-state index in [0.29, 0.717) is 12.1 Å². The fraction of sp³-hybridized carbons (Fsp3) is 0.800. The van der Waals surface area contributed by atoms with Gasteiger partial charge >= 0.3 is 0 Å². The van der Waals surface area contributed by atoms with Crippen LogP contribution in [0.1, 0.15) is 70.5 Å². The van der Waals surface area contributed by atoms with E-state index in [9.17, 15) is 0 Å². The van der Waals surface area contributed by atoms with Gasteiger partial charge in [-0.15, -0.1) is 0 Å². The molecular weight excluding hydrogens is 222 g/mol. The smallest absolute Gasteiger partial charge is 0.203 e. The first-order chi connectivity index (χ1) is 8.74. The van der Waals surface area contributed by atoms with Crippen molar-refractivity contribution in [2.75, 3.05) is 5.32 Å². The van der Waals surface area contributed by atoms with Gasteiger partial charge in [0.05, 0.1) is 5.69 Å². The molecular formula is C15H27N3. The van der Waals surface area contributed by atoms with Crippen molar-refractivity contribution in [1.29, 1.82) is 0 Å². The molecule has 1 aliphatic rings. The quantitative estimate of drug-likeness (QED) is 0.843. The summed E-state index contributed by atoms with van der Waals surface area (Å²) in [6.45, 7) is 6.57. The van der Waals surface area contributed by atoms with E-state index in [0.717, 1.165) is 24.5 Å². The molecule has 1 N–H and O–H groups in total. The molecule has 3 heteroatoms. The van der Waals surface area contributed by atoms with Crippen LogP contribution in [0.25, 0.3) is 0 Å². The lowest BCUT2D eigenvalue weighted by atomic mass is 9.95. The molecule has 0 saturated heterocycles. The Balaban J connectivity index is 2.13. The Bertz CT molecular complexity index is 360. The average molecular weight is 249 g/mol. The number of rotatable bonds is 5. The fourth-order valence-corrected chi connectivity index (χ4v) is 2.94. The van der Waals surface area contributed by atoms with E-state index in [1.165, 1.54) is 32.1 Å². The molecule has 0 unspecified atom stereocenters. The molecule has 0 spiro atoms. The van der Waals surface area contributed by atoms with E-state index < -0.39 is 0 Å². The Morgan fingerprint density at radius 1 is 1.28 bits per heavy atom. The van der Waals surface area contributed by atoms with Gasteiger partial charge in [-0.1, -0.05) is 33.1 Å². The zero-order chi connectivity index (χ0) is 13.0. The molecule has 3 nitrogen and oxygen atoms in total. The molecule has 0 amide bonds. The van der Waals surface area contributed by atoms with E-state index in [2.05, 4.69) is 41.8 Å². The van der Waals surface area contributed by atoms with Crippen LogP contribution in [0, 0.1) is 6.92 Å². The maximum atomic E-state index is 4.67. The average Bonchev–Trinajstić information content (AvgIpc) is 2.78. The minimum Gasteiger partial charge on any atom is -0.353 e. The van der Waals surface area contributed by atoms with Gasteiger partial charge in [-0.25, -0.2) is 4.98 Å². The van der Waals surface area contributed by atoms with Crippen LogP contribution in [0.15, 0.2) is 6.20 Å². The number of imidazole rings is 1. The number of anilines is 1. The first-order valence-corrected chi connectivity index (χ1v) is 7.56. The van der Waals surface area contributed by atoms with Crippen LogP contribution in [0.2, 0.25) is 0 Å². The molecule has 1 heterocycles. The van der Waals surface area contributed by atoms with E-state index >= 15 is 0 Å². The summed E-state index contributed by atoms with van der Waals surface area (Å²) in [4.78, 5) is 4.67. The third kappa shape index (κ3) is 3.06. The Kier molecular flexibility index (Phi) is 4.67. The third-order valence-corrected chi connectivity index (χ3v) is 4.14. The molecule has 0 aromatic carbocycles. The van der Waals surface area contributed by atoms with E-state index in [4.69, 9.17) is 0 Å². The largest absolute Gasteiger partial charge is 0.353 e. The number of nitrogens with one attached hydrogen (secondary N) is 1. The van der Waals surface area contributed by atoms with Gasteiger partial charge in [-0.2, -0.15) is 0 Å². The summed E-state index contributed by atoms with van der Waals surface area (Å²) in [5.41, 5.74) is 1.13. The molecule has 1 fully saturated rings. The van der Waals surface area contributed by atoms with Crippen molar-refractivity contribution in [1.82, 2.24) is 9.55 Å². The Morgan fingerprint density at radius 3 is 2.56 bits per heavy atom. The van der Waals surface area contributed by atoms with E-state index in [-0.39, 0.29) is 0 Å². The predicted octanol–water partition coefficient (Wildman–Crippen LogP) is 4.30. The fourth-order valence-electron chi connectivity index (χ4n) is 2.94. The summed E-state index contributed by atoms with van der Waals surface area (Å²) in [6, 6.07) is 1.21. The zero-order valence-electron chi connectivity index (χ0n) is 12.1. The maximum Gasteiger partial charge on any atom is 0.203 e. The summed E-state index contributed by atoms with van der Waals surface area (Å²) in [7, 11) is 0. The molecule has 18 heavy (non-hydrogen) atoms. The molecule has 1 saturated carbocycles. The van der Waals surface area contributed by atoms with Crippen molar-refractivity contribution < 1.29 is 0 Å². The normalized spacial score (nSPS) is 17.3. The van der Waals surface area contributed by atoms with Gasteiger partial charge in [-0.3, -0.25) is 0 Å². The van der Waals surface area contributed by atoms with Crippen molar-refractivity contribution in [3.8, 4) is 0 Å². The number of aryl methyl sites for hydroxylation is 1. The van der Waals surface area contributed by atoms with E-state index in [1.54, 1.807) is 0 Å². The Labute approximate surface area is 111 Å². The highest BCUT2D eigenvalue weighted by atomic mass is 15.2. The van der Waals surface area contributed by atoms with Crippen LogP contribution in [0.5, 0.6) is 0 Å². The summed E-state index contributed by atoms with van der Waals surface area (Å²) in [6.07, 6.45) is 11.3. The standard InChI is InChI=1S/C15H27N3/c1-4-13(5-2)17-15-16-12(3)11-18(15)14-9-7-6-8-10-14/h11,13-14H,4-10H2,1-3H3,(H,16,17). The Morgan fingerprint density at radius 2 is 1.94 bits per heavy atom. The van der Waals surface area contributed by atoms with Crippen molar-refractivity contribution >= 4 is 5.95 Å². The van der Waals surface area contributed by atoms with Gasteiger partial charge < -0.3 is 9.88 Å². The summed E-state index contributed by atoms with van der Waals surface area (Å²) < 4.78 is 2.40. The molecule has 0 radical (unpaired) electrons. The van der Waals surface area contributed by atoms with E-state index in [1.807, 2.05) is 0 Å². The first kappa shape index (κ1) is 13.4.